The second kappa shape index (κ2) is 4.84. The summed E-state index contributed by atoms with van der Waals surface area (Å²) in [5.41, 5.74) is 0. The molecule has 0 amide bonds. The van der Waals surface area contributed by atoms with Crippen LogP contribution in [0.25, 0.3) is 0 Å². The van der Waals surface area contributed by atoms with Crippen molar-refractivity contribution in [1.29, 1.82) is 0 Å². The highest BCUT2D eigenvalue weighted by Gasteiger charge is 2.41. The lowest BCUT2D eigenvalue weighted by molar-refractivity contribution is 0.180. The van der Waals surface area contributed by atoms with Crippen molar-refractivity contribution in [3.63, 3.8) is 0 Å². The molecule has 2 aliphatic heterocycles. The minimum atomic E-state index is -3.21. The van der Waals surface area contributed by atoms with Crippen molar-refractivity contribution in [2.24, 2.45) is 5.92 Å². The second-order valence-electron chi connectivity index (χ2n) is 5.53. The summed E-state index contributed by atoms with van der Waals surface area (Å²) in [5.74, 6) is 0.360. The topological polar surface area (TPSA) is 58.6 Å². The normalized spacial score (nSPS) is 33.4. The molecule has 100 valence electrons. The van der Waals surface area contributed by atoms with Crippen molar-refractivity contribution in [3.8, 4) is 0 Å². The van der Waals surface area contributed by atoms with Crippen molar-refractivity contribution in [1.82, 2.24) is 9.62 Å². The molecule has 5 nitrogen and oxygen atoms in total. The smallest absolute Gasteiger partial charge is 0.220 e. The van der Waals surface area contributed by atoms with Crippen LogP contribution < -0.4 is 5.32 Å². The van der Waals surface area contributed by atoms with Crippen LogP contribution in [0, 0.1) is 5.92 Å². The number of rotatable bonds is 2. The molecule has 6 heteroatoms. The maximum absolute atomic E-state index is 12.5. The van der Waals surface area contributed by atoms with E-state index in [1.807, 2.05) is 0 Å². The Morgan fingerprint density at radius 1 is 1.47 bits per heavy atom. The van der Waals surface area contributed by atoms with E-state index in [2.05, 4.69) is 5.32 Å². The predicted molar refractivity (Wildman–Crippen MR) is 66.4 cm³/mol. The molecule has 2 heterocycles. The minimum absolute atomic E-state index is 0.360. The van der Waals surface area contributed by atoms with Gasteiger partial charge in [-0.15, -0.1) is 0 Å². The summed E-state index contributed by atoms with van der Waals surface area (Å²) < 4.78 is 31.2. The molecule has 2 aliphatic rings. The summed E-state index contributed by atoms with van der Waals surface area (Å²) >= 11 is 0. The molecule has 2 fully saturated rings. The van der Waals surface area contributed by atoms with E-state index >= 15 is 0 Å². The summed E-state index contributed by atoms with van der Waals surface area (Å²) in [6.07, 6.45) is 0.972. The summed E-state index contributed by atoms with van der Waals surface area (Å²) in [6, 6.07) is 0. The maximum Gasteiger partial charge on any atom is 0.220 e. The van der Waals surface area contributed by atoms with Crippen molar-refractivity contribution < 1.29 is 13.2 Å². The van der Waals surface area contributed by atoms with Crippen LogP contribution in [0.2, 0.25) is 0 Å². The SMILES string of the molecule is CC1(C)CNCCN(CC2CCOC2)S1(=O)=O. The molecule has 0 aromatic heterocycles. The average molecular weight is 262 g/mol. The molecule has 0 bridgehead atoms. The molecular formula is C11H22N2O3S. The Hall–Kier alpha value is -0.170. The van der Waals surface area contributed by atoms with Crippen LogP contribution in [0.3, 0.4) is 0 Å². The van der Waals surface area contributed by atoms with E-state index < -0.39 is 14.8 Å². The standard InChI is InChI=1S/C11H22N2O3S/c1-11(2)9-12-4-5-13(17(11,14)15)7-10-3-6-16-8-10/h10,12H,3-9H2,1-2H3. The van der Waals surface area contributed by atoms with E-state index in [1.54, 1.807) is 18.2 Å². The quantitative estimate of drug-likeness (QED) is 0.763. The van der Waals surface area contributed by atoms with E-state index in [0.717, 1.165) is 19.6 Å². The zero-order valence-electron chi connectivity index (χ0n) is 10.6. The first-order valence-electron chi connectivity index (χ1n) is 6.22. The molecule has 1 atom stereocenters. The molecule has 17 heavy (non-hydrogen) atoms. The monoisotopic (exact) mass is 262 g/mol. The summed E-state index contributed by atoms with van der Waals surface area (Å²) in [4.78, 5) is 0. The van der Waals surface area contributed by atoms with Gasteiger partial charge in [-0.2, -0.15) is 4.31 Å². The Balaban J connectivity index is 2.13. The first-order valence-corrected chi connectivity index (χ1v) is 7.66. The van der Waals surface area contributed by atoms with Crippen molar-refractivity contribution in [2.45, 2.75) is 25.0 Å². The van der Waals surface area contributed by atoms with Gasteiger partial charge in [0.2, 0.25) is 10.0 Å². The number of hydrogen-bond donors (Lipinski definition) is 1. The zero-order valence-corrected chi connectivity index (χ0v) is 11.4. The van der Waals surface area contributed by atoms with Gasteiger partial charge < -0.3 is 10.1 Å². The molecule has 1 N–H and O–H groups in total. The van der Waals surface area contributed by atoms with Crippen LogP contribution in [0.4, 0.5) is 0 Å². The fraction of sp³-hybridized carbons (Fsp3) is 1.00. The Kier molecular flexibility index (Phi) is 3.77. The summed E-state index contributed by atoms with van der Waals surface area (Å²) in [6.45, 7) is 7.47. The third kappa shape index (κ3) is 2.65. The largest absolute Gasteiger partial charge is 0.381 e. The molecule has 0 aliphatic carbocycles. The van der Waals surface area contributed by atoms with Gasteiger partial charge in [0, 0.05) is 32.8 Å². The van der Waals surface area contributed by atoms with Crippen LogP contribution in [0.15, 0.2) is 0 Å². The Labute approximate surface area is 104 Å². The van der Waals surface area contributed by atoms with Gasteiger partial charge in [0.25, 0.3) is 0 Å². The van der Waals surface area contributed by atoms with Crippen LogP contribution in [-0.2, 0) is 14.8 Å². The molecular weight excluding hydrogens is 240 g/mol. The lowest BCUT2D eigenvalue weighted by Gasteiger charge is -2.30. The first-order chi connectivity index (χ1) is 7.93. The first kappa shape index (κ1) is 13.3. The fourth-order valence-corrected chi connectivity index (χ4v) is 4.08. The van der Waals surface area contributed by atoms with Gasteiger partial charge >= 0.3 is 0 Å². The van der Waals surface area contributed by atoms with Gasteiger partial charge in [0.15, 0.2) is 0 Å². The third-order valence-corrected chi connectivity index (χ3v) is 6.17. The average Bonchev–Trinajstić information content (AvgIpc) is 2.71. The van der Waals surface area contributed by atoms with Gasteiger partial charge in [-0.1, -0.05) is 0 Å². The van der Waals surface area contributed by atoms with E-state index in [4.69, 9.17) is 4.74 Å². The molecule has 2 saturated heterocycles. The van der Waals surface area contributed by atoms with Crippen molar-refractivity contribution in [2.75, 3.05) is 39.4 Å². The highest BCUT2D eigenvalue weighted by Crippen LogP contribution is 2.24. The van der Waals surface area contributed by atoms with Crippen LogP contribution in [0.5, 0.6) is 0 Å². The zero-order chi connectivity index (χ0) is 12.5. The molecule has 0 saturated carbocycles. The van der Waals surface area contributed by atoms with Gasteiger partial charge in [-0.25, -0.2) is 8.42 Å². The summed E-state index contributed by atoms with van der Waals surface area (Å²) in [5, 5.41) is 3.20. The lowest BCUT2D eigenvalue weighted by atomic mass is 10.1. The molecule has 1 unspecified atom stereocenters. The highest BCUT2D eigenvalue weighted by molar-refractivity contribution is 7.90. The van der Waals surface area contributed by atoms with Crippen LogP contribution in [-0.4, -0.2) is 56.9 Å². The van der Waals surface area contributed by atoms with Gasteiger partial charge in [0.1, 0.15) is 0 Å². The van der Waals surface area contributed by atoms with Gasteiger partial charge in [-0.05, 0) is 26.2 Å². The Bertz CT molecular complexity index is 361. The van der Waals surface area contributed by atoms with E-state index in [0.29, 0.717) is 32.2 Å². The van der Waals surface area contributed by atoms with Gasteiger partial charge in [-0.3, -0.25) is 0 Å². The Morgan fingerprint density at radius 2 is 2.24 bits per heavy atom. The Morgan fingerprint density at radius 3 is 2.88 bits per heavy atom. The fourth-order valence-electron chi connectivity index (χ4n) is 2.36. The maximum atomic E-state index is 12.5. The van der Waals surface area contributed by atoms with E-state index in [9.17, 15) is 8.42 Å². The van der Waals surface area contributed by atoms with E-state index in [1.165, 1.54) is 0 Å². The number of sulfonamides is 1. The van der Waals surface area contributed by atoms with Crippen LogP contribution in [0.1, 0.15) is 20.3 Å². The molecule has 0 radical (unpaired) electrons. The number of ether oxygens (including phenoxy) is 1. The lowest BCUT2D eigenvalue weighted by Crippen LogP contribution is -2.47. The summed E-state index contributed by atoms with van der Waals surface area (Å²) in [7, 11) is -3.21. The molecule has 2 rings (SSSR count). The predicted octanol–water partition coefficient (Wildman–Crippen LogP) is 0.0365. The molecule has 0 aromatic carbocycles. The minimum Gasteiger partial charge on any atom is -0.381 e. The van der Waals surface area contributed by atoms with Crippen molar-refractivity contribution >= 4 is 10.0 Å². The number of hydrogen-bond acceptors (Lipinski definition) is 4. The third-order valence-electron chi connectivity index (χ3n) is 3.61. The number of nitrogens with zero attached hydrogens (tertiary/aromatic N) is 1. The van der Waals surface area contributed by atoms with Gasteiger partial charge in [0.05, 0.1) is 11.4 Å². The van der Waals surface area contributed by atoms with Crippen LogP contribution >= 0.6 is 0 Å². The molecule has 0 aromatic rings. The second-order valence-corrected chi connectivity index (χ2v) is 8.10. The van der Waals surface area contributed by atoms with Crippen molar-refractivity contribution in [3.05, 3.63) is 0 Å². The number of nitrogens with one attached hydrogen (secondary N) is 1. The molecule has 0 spiro atoms. The highest BCUT2D eigenvalue weighted by atomic mass is 32.2. The van der Waals surface area contributed by atoms with E-state index in [-0.39, 0.29) is 0 Å².